The van der Waals surface area contributed by atoms with Crippen LogP contribution in [0.2, 0.25) is 0 Å². The van der Waals surface area contributed by atoms with Gasteiger partial charge in [-0.15, -0.1) is 0 Å². The standard InChI is InChI=1S/C21H16FNO4/c1-26-19-11-13(6-9-18(19)27-21(25)14-7-8-14)10-15(12-23)20(24)16-4-2-3-5-17(16)22/h2-6,9-11,14H,7-8H2,1H3/b15-10+. The van der Waals surface area contributed by atoms with Crippen LogP contribution in [0.25, 0.3) is 6.08 Å². The highest BCUT2D eigenvalue weighted by Gasteiger charge is 2.32. The fourth-order valence-corrected chi connectivity index (χ4v) is 2.47. The molecule has 0 aliphatic heterocycles. The molecule has 0 atom stereocenters. The van der Waals surface area contributed by atoms with E-state index in [0.717, 1.165) is 18.9 Å². The molecule has 0 unspecified atom stereocenters. The minimum absolute atomic E-state index is 0.0575. The van der Waals surface area contributed by atoms with E-state index in [1.165, 1.54) is 37.5 Å². The van der Waals surface area contributed by atoms with Gasteiger partial charge in [-0.1, -0.05) is 18.2 Å². The van der Waals surface area contributed by atoms with Gasteiger partial charge in [-0.25, -0.2) is 4.39 Å². The zero-order chi connectivity index (χ0) is 19.4. The summed E-state index contributed by atoms with van der Waals surface area (Å²) in [7, 11) is 1.42. The largest absolute Gasteiger partial charge is 0.493 e. The van der Waals surface area contributed by atoms with E-state index in [1.807, 2.05) is 0 Å². The van der Waals surface area contributed by atoms with Gasteiger partial charge < -0.3 is 9.47 Å². The number of Topliss-reactive ketones (excluding diaryl/α,β-unsaturated/α-hetero) is 1. The molecule has 2 aromatic rings. The molecule has 2 aromatic carbocycles. The summed E-state index contributed by atoms with van der Waals surface area (Å²) in [6, 6.07) is 11.9. The Bertz CT molecular complexity index is 970. The predicted molar refractivity (Wildman–Crippen MR) is 95.7 cm³/mol. The maximum absolute atomic E-state index is 13.8. The van der Waals surface area contributed by atoms with Gasteiger partial charge in [-0.2, -0.15) is 5.26 Å². The van der Waals surface area contributed by atoms with E-state index in [-0.39, 0.29) is 28.8 Å². The number of hydrogen-bond donors (Lipinski definition) is 0. The summed E-state index contributed by atoms with van der Waals surface area (Å²) in [6.07, 6.45) is 2.99. The van der Waals surface area contributed by atoms with Gasteiger partial charge in [-0.05, 0) is 48.7 Å². The van der Waals surface area contributed by atoms with Gasteiger partial charge in [0, 0.05) is 0 Å². The number of hydrogen-bond acceptors (Lipinski definition) is 5. The number of allylic oxidation sites excluding steroid dienone is 1. The lowest BCUT2D eigenvalue weighted by atomic mass is 10.0. The molecule has 1 saturated carbocycles. The molecule has 1 aliphatic carbocycles. The SMILES string of the molecule is COc1cc(/C=C(\C#N)C(=O)c2ccccc2F)ccc1OC(=O)C1CC1. The molecule has 0 spiro atoms. The van der Waals surface area contributed by atoms with Gasteiger partial charge in [-0.3, -0.25) is 9.59 Å². The van der Waals surface area contributed by atoms with Crippen LogP contribution in [-0.2, 0) is 4.79 Å². The van der Waals surface area contributed by atoms with Gasteiger partial charge in [0.15, 0.2) is 11.5 Å². The highest BCUT2D eigenvalue weighted by atomic mass is 19.1. The third-order valence-electron chi connectivity index (χ3n) is 4.10. The second-order valence-corrected chi connectivity index (χ2v) is 6.08. The Balaban J connectivity index is 1.88. The number of rotatable bonds is 6. The van der Waals surface area contributed by atoms with Gasteiger partial charge in [0.05, 0.1) is 18.6 Å². The van der Waals surface area contributed by atoms with Crippen LogP contribution >= 0.6 is 0 Å². The number of halogens is 1. The molecule has 0 N–H and O–H groups in total. The summed E-state index contributed by atoms with van der Waals surface area (Å²) in [5.41, 5.74) is 0.0939. The Morgan fingerprint density at radius 2 is 1.93 bits per heavy atom. The summed E-state index contributed by atoms with van der Waals surface area (Å²) in [4.78, 5) is 24.2. The zero-order valence-corrected chi connectivity index (χ0v) is 14.6. The molecule has 5 nitrogen and oxygen atoms in total. The van der Waals surface area contributed by atoms with Crippen molar-refractivity contribution in [3.63, 3.8) is 0 Å². The number of methoxy groups -OCH3 is 1. The molecule has 6 heteroatoms. The van der Waals surface area contributed by atoms with Crippen LogP contribution in [0.3, 0.4) is 0 Å². The second kappa shape index (κ2) is 7.83. The first-order valence-corrected chi connectivity index (χ1v) is 8.34. The molecule has 27 heavy (non-hydrogen) atoms. The van der Waals surface area contributed by atoms with E-state index in [4.69, 9.17) is 9.47 Å². The van der Waals surface area contributed by atoms with Gasteiger partial charge in [0.25, 0.3) is 0 Å². The van der Waals surface area contributed by atoms with Crippen molar-refractivity contribution in [3.8, 4) is 17.6 Å². The molecule has 3 rings (SSSR count). The molecule has 0 bridgehead atoms. The number of carbonyl (C=O) groups excluding carboxylic acids is 2. The fourth-order valence-electron chi connectivity index (χ4n) is 2.47. The molecular formula is C21H16FNO4. The maximum atomic E-state index is 13.8. The third kappa shape index (κ3) is 4.21. The van der Waals surface area contributed by atoms with Crippen LogP contribution in [0, 0.1) is 23.1 Å². The molecule has 1 aliphatic rings. The molecule has 136 valence electrons. The van der Waals surface area contributed by atoms with E-state index in [0.29, 0.717) is 11.3 Å². The quantitative estimate of drug-likeness (QED) is 0.255. The molecule has 1 fully saturated rings. The maximum Gasteiger partial charge on any atom is 0.314 e. The number of benzene rings is 2. The number of ketones is 1. The number of nitrogens with zero attached hydrogens (tertiary/aromatic N) is 1. The first kappa shape index (κ1) is 18.3. The van der Waals surface area contributed by atoms with Crippen LogP contribution in [0.15, 0.2) is 48.0 Å². The van der Waals surface area contributed by atoms with Gasteiger partial charge in [0.1, 0.15) is 17.5 Å². The first-order chi connectivity index (χ1) is 13.0. The average molecular weight is 365 g/mol. The fraction of sp³-hybridized carbons (Fsp3) is 0.190. The van der Waals surface area contributed by atoms with Crippen molar-refractivity contribution in [2.75, 3.05) is 7.11 Å². The monoisotopic (exact) mass is 365 g/mol. The lowest BCUT2D eigenvalue weighted by molar-refractivity contribution is -0.135. The molecule has 0 heterocycles. The highest BCUT2D eigenvalue weighted by molar-refractivity contribution is 6.14. The number of ether oxygens (including phenoxy) is 2. The van der Waals surface area contributed by atoms with Gasteiger partial charge in [0.2, 0.25) is 5.78 Å². The smallest absolute Gasteiger partial charge is 0.314 e. The van der Waals surface area contributed by atoms with Crippen molar-refractivity contribution in [3.05, 3.63) is 65.0 Å². The Kier molecular flexibility index (Phi) is 5.32. The van der Waals surface area contributed by atoms with Crippen LogP contribution in [0.4, 0.5) is 4.39 Å². The minimum atomic E-state index is -0.709. The van der Waals surface area contributed by atoms with Crippen molar-refractivity contribution in [1.29, 1.82) is 5.26 Å². The van der Waals surface area contributed by atoms with Crippen molar-refractivity contribution in [1.82, 2.24) is 0 Å². The van der Waals surface area contributed by atoms with E-state index < -0.39 is 11.6 Å². The van der Waals surface area contributed by atoms with Gasteiger partial charge >= 0.3 is 5.97 Å². The number of nitriles is 1. The van der Waals surface area contributed by atoms with Crippen LogP contribution < -0.4 is 9.47 Å². The van der Waals surface area contributed by atoms with Crippen molar-refractivity contribution in [2.24, 2.45) is 5.92 Å². The molecular weight excluding hydrogens is 349 g/mol. The van der Waals surface area contributed by atoms with Crippen LogP contribution in [-0.4, -0.2) is 18.9 Å². The van der Waals surface area contributed by atoms with E-state index in [1.54, 1.807) is 18.2 Å². The van der Waals surface area contributed by atoms with E-state index in [9.17, 15) is 19.2 Å². The Morgan fingerprint density at radius 3 is 2.56 bits per heavy atom. The average Bonchev–Trinajstić information content (AvgIpc) is 3.52. The van der Waals surface area contributed by atoms with Crippen LogP contribution in [0.5, 0.6) is 11.5 Å². The normalized spacial score (nSPS) is 13.6. The van der Waals surface area contributed by atoms with Crippen molar-refractivity contribution in [2.45, 2.75) is 12.8 Å². The highest BCUT2D eigenvalue weighted by Crippen LogP contribution is 2.34. The summed E-state index contributed by atoms with van der Waals surface area (Å²) in [5, 5.41) is 9.32. The van der Waals surface area contributed by atoms with E-state index in [2.05, 4.69) is 0 Å². The Morgan fingerprint density at radius 1 is 1.19 bits per heavy atom. The topological polar surface area (TPSA) is 76.4 Å². The Labute approximate surface area is 155 Å². The number of carbonyl (C=O) groups is 2. The Hall–Kier alpha value is -3.46. The number of esters is 1. The summed E-state index contributed by atoms with van der Waals surface area (Å²) >= 11 is 0. The summed E-state index contributed by atoms with van der Waals surface area (Å²) in [6.45, 7) is 0. The molecule has 0 aromatic heterocycles. The zero-order valence-electron chi connectivity index (χ0n) is 14.6. The van der Waals surface area contributed by atoms with E-state index >= 15 is 0 Å². The van der Waals surface area contributed by atoms with Crippen LogP contribution in [0.1, 0.15) is 28.8 Å². The lowest BCUT2D eigenvalue weighted by Crippen LogP contribution is -2.10. The van der Waals surface area contributed by atoms with Crippen molar-refractivity contribution < 1.29 is 23.5 Å². The lowest BCUT2D eigenvalue weighted by Gasteiger charge is -2.10. The summed E-state index contributed by atoms with van der Waals surface area (Å²) < 4.78 is 24.4. The first-order valence-electron chi connectivity index (χ1n) is 8.34. The van der Waals surface area contributed by atoms with Crippen molar-refractivity contribution >= 4 is 17.8 Å². The molecule has 0 radical (unpaired) electrons. The second-order valence-electron chi connectivity index (χ2n) is 6.08. The minimum Gasteiger partial charge on any atom is -0.493 e. The molecule has 0 amide bonds. The third-order valence-corrected chi connectivity index (χ3v) is 4.10. The molecule has 0 saturated heterocycles. The summed E-state index contributed by atoms with van der Waals surface area (Å²) in [5.74, 6) is -1.19. The predicted octanol–water partition coefficient (Wildman–Crippen LogP) is 3.94.